The molecule has 0 atom stereocenters. The van der Waals surface area contributed by atoms with Crippen LogP contribution < -0.4 is 10.2 Å². The van der Waals surface area contributed by atoms with E-state index in [1.165, 1.54) is 12.1 Å². The van der Waals surface area contributed by atoms with Crippen LogP contribution in [0.15, 0.2) is 72.8 Å². The number of halogens is 4. The van der Waals surface area contributed by atoms with Crippen molar-refractivity contribution in [2.45, 2.75) is 6.18 Å². The van der Waals surface area contributed by atoms with Gasteiger partial charge in [0.05, 0.1) is 46.9 Å². The number of hydrogen-bond acceptors (Lipinski definition) is 6. The summed E-state index contributed by atoms with van der Waals surface area (Å²) < 4.78 is 50.8. The van der Waals surface area contributed by atoms with Crippen molar-refractivity contribution < 1.29 is 32.2 Å². The summed E-state index contributed by atoms with van der Waals surface area (Å²) in [7, 11) is 0. The van der Waals surface area contributed by atoms with Crippen LogP contribution in [0.25, 0.3) is 22.2 Å². The van der Waals surface area contributed by atoms with Gasteiger partial charge < -0.3 is 19.7 Å². The largest absolute Gasteiger partial charge is 0.452 e. The van der Waals surface area contributed by atoms with Crippen LogP contribution >= 0.6 is 11.6 Å². The summed E-state index contributed by atoms with van der Waals surface area (Å²) in [6, 6.07) is 18.7. The lowest BCUT2D eigenvalue weighted by atomic mass is 10.0. The van der Waals surface area contributed by atoms with Crippen LogP contribution in [0.3, 0.4) is 0 Å². The van der Waals surface area contributed by atoms with Crippen LogP contribution in [0.1, 0.15) is 15.9 Å². The van der Waals surface area contributed by atoms with Gasteiger partial charge in [0.15, 0.2) is 6.61 Å². The van der Waals surface area contributed by atoms with Crippen LogP contribution in [0.5, 0.6) is 0 Å². The van der Waals surface area contributed by atoms with Gasteiger partial charge in [0, 0.05) is 29.1 Å². The number of para-hydroxylation sites is 1. The number of rotatable bonds is 6. The van der Waals surface area contributed by atoms with Gasteiger partial charge in [-0.3, -0.25) is 4.79 Å². The molecule has 11 heteroatoms. The Labute approximate surface area is 232 Å². The van der Waals surface area contributed by atoms with Crippen molar-refractivity contribution in [3.63, 3.8) is 0 Å². The third kappa shape index (κ3) is 6.03. The first-order valence-corrected chi connectivity index (χ1v) is 12.7. The highest BCUT2D eigenvalue weighted by atomic mass is 35.5. The summed E-state index contributed by atoms with van der Waals surface area (Å²) in [5.74, 6) is -1.58. The third-order valence-electron chi connectivity index (χ3n) is 6.37. The van der Waals surface area contributed by atoms with Crippen molar-refractivity contribution in [1.82, 2.24) is 4.98 Å². The van der Waals surface area contributed by atoms with E-state index in [0.717, 1.165) is 12.1 Å². The van der Waals surface area contributed by atoms with Crippen molar-refractivity contribution in [2.24, 2.45) is 0 Å². The fourth-order valence-corrected chi connectivity index (χ4v) is 4.67. The zero-order valence-corrected chi connectivity index (χ0v) is 21.8. The highest BCUT2D eigenvalue weighted by molar-refractivity contribution is 6.33. The number of carbonyl (C=O) groups is 2. The summed E-state index contributed by atoms with van der Waals surface area (Å²) in [5, 5.41) is 3.44. The summed E-state index contributed by atoms with van der Waals surface area (Å²) in [6.45, 7) is 0.998. The molecule has 0 unspecified atom stereocenters. The molecule has 1 saturated heterocycles. The number of nitrogens with zero attached hydrogens (tertiary/aromatic N) is 2. The Morgan fingerprint density at radius 3 is 2.48 bits per heavy atom. The van der Waals surface area contributed by atoms with Gasteiger partial charge in [-0.1, -0.05) is 48.0 Å². The van der Waals surface area contributed by atoms with Crippen molar-refractivity contribution in [2.75, 3.05) is 43.1 Å². The van der Waals surface area contributed by atoms with E-state index in [9.17, 15) is 22.8 Å². The van der Waals surface area contributed by atoms with E-state index < -0.39 is 30.2 Å². The molecule has 5 rings (SSSR count). The minimum Gasteiger partial charge on any atom is -0.452 e. The van der Waals surface area contributed by atoms with Gasteiger partial charge in [0.1, 0.15) is 0 Å². The SMILES string of the molecule is O=C(COC(=O)c1cc(-c2ccccc2Cl)nc2ccccc12)Nc1cc(C(F)(F)F)ccc1N1CCOCC1. The number of benzene rings is 3. The van der Waals surface area contributed by atoms with Gasteiger partial charge in [0.25, 0.3) is 5.91 Å². The number of alkyl halides is 3. The quantitative estimate of drug-likeness (QED) is 0.278. The van der Waals surface area contributed by atoms with Crippen molar-refractivity contribution >= 4 is 45.8 Å². The molecule has 1 amide bonds. The molecule has 0 aliphatic carbocycles. The smallest absolute Gasteiger partial charge is 0.416 e. The number of pyridine rings is 1. The summed E-state index contributed by atoms with van der Waals surface area (Å²) in [6.07, 6.45) is -4.60. The topological polar surface area (TPSA) is 80.8 Å². The van der Waals surface area contributed by atoms with E-state index in [1.807, 2.05) is 4.90 Å². The maximum atomic E-state index is 13.4. The van der Waals surface area contributed by atoms with Gasteiger partial charge >= 0.3 is 12.1 Å². The predicted octanol–water partition coefficient (Wildman–Crippen LogP) is 6.21. The molecule has 0 bridgehead atoms. The standard InChI is InChI=1S/C29H23ClF3N3O4/c30-22-7-3-1-6-20(22)24-16-21(19-5-2-4-8-23(19)34-24)28(38)40-17-27(37)35-25-15-18(29(31,32)33)9-10-26(25)36-11-13-39-14-12-36/h1-10,15-16H,11-14,17H2,(H,35,37). The van der Waals surface area contributed by atoms with Crippen LogP contribution in [-0.4, -0.2) is 49.8 Å². The number of aromatic nitrogens is 1. The van der Waals surface area contributed by atoms with E-state index in [4.69, 9.17) is 21.1 Å². The Bertz CT molecular complexity index is 1570. The monoisotopic (exact) mass is 569 g/mol. The number of ether oxygens (including phenoxy) is 2. The molecule has 1 aliphatic heterocycles. The number of esters is 1. The molecular formula is C29H23ClF3N3O4. The number of fused-ring (bicyclic) bond motifs is 1. The number of anilines is 2. The van der Waals surface area contributed by atoms with E-state index in [2.05, 4.69) is 10.3 Å². The van der Waals surface area contributed by atoms with Gasteiger partial charge in [-0.15, -0.1) is 0 Å². The molecule has 1 aliphatic rings. The Hall–Kier alpha value is -4.15. The van der Waals surface area contributed by atoms with Gasteiger partial charge in [-0.2, -0.15) is 13.2 Å². The fraction of sp³-hybridized carbons (Fsp3) is 0.207. The van der Waals surface area contributed by atoms with Crippen LogP contribution in [0.4, 0.5) is 24.5 Å². The molecule has 0 saturated carbocycles. The van der Waals surface area contributed by atoms with Gasteiger partial charge in [-0.05, 0) is 36.4 Å². The molecular weight excluding hydrogens is 547 g/mol. The first-order chi connectivity index (χ1) is 19.2. The number of amides is 1. The highest BCUT2D eigenvalue weighted by Crippen LogP contribution is 2.36. The fourth-order valence-electron chi connectivity index (χ4n) is 4.44. The predicted molar refractivity (Wildman–Crippen MR) is 146 cm³/mol. The Morgan fingerprint density at radius 1 is 1.00 bits per heavy atom. The number of nitrogens with one attached hydrogen (secondary N) is 1. The summed E-state index contributed by atoms with van der Waals surface area (Å²) >= 11 is 6.34. The van der Waals surface area contributed by atoms with Gasteiger partial charge in [-0.25, -0.2) is 9.78 Å². The minimum absolute atomic E-state index is 0.0341. The van der Waals surface area contributed by atoms with E-state index >= 15 is 0 Å². The zero-order valence-electron chi connectivity index (χ0n) is 21.0. The van der Waals surface area contributed by atoms with E-state index in [0.29, 0.717) is 59.2 Å². The maximum absolute atomic E-state index is 13.4. The summed E-state index contributed by atoms with van der Waals surface area (Å²) in [4.78, 5) is 32.4. The van der Waals surface area contributed by atoms with Crippen LogP contribution in [0, 0.1) is 0 Å². The molecule has 3 aromatic carbocycles. The van der Waals surface area contributed by atoms with Crippen molar-refractivity contribution in [3.05, 3.63) is 88.9 Å². The molecule has 206 valence electrons. The second-order valence-corrected chi connectivity index (χ2v) is 9.41. The molecule has 1 N–H and O–H groups in total. The van der Waals surface area contributed by atoms with E-state index in [1.54, 1.807) is 48.5 Å². The Morgan fingerprint density at radius 2 is 1.73 bits per heavy atom. The first-order valence-electron chi connectivity index (χ1n) is 12.4. The highest BCUT2D eigenvalue weighted by Gasteiger charge is 2.32. The summed E-state index contributed by atoms with van der Waals surface area (Å²) in [5.41, 5.74) is 1.22. The molecule has 40 heavy (non-hydrogen) atoms. The normalized spacial score (nSPS) is 13.8. The lowest BCUT2D eigenvalue weighted by Gasteiger charge is -2.31. The lowest BCUT2D eigenvalue weighted by molar-refractivity contribution is -0.137. The lowest BCUT2D eigenvalue weighted by Crippen LogP contribution is -2.37. The Balaban J connectivity index is 1.37. The third-order valence-corrected chi connectivity index (χ3v) is 6.70. The van der Waals surface area contributed by atoms with Gasteiger partial charge in [0.2, 0.25) is 0 Å². The average Bonchev–Trinajstić information content (AvgIpc) is 2.95. The molecule has 7 nitrogen and oxygen atoms in total. The molecule has 0 spiro atoms. The maximum Gasteiger partial charge on any atom is 0.416 e. The molecule has 2 heterocycles. The molecule has 4 aromatic rings. The van der Waals surface area contributed by atoms with Crippen molar-refractivity contribution in [3.8, 4) is 11.3 Å². The first kappa shape index (κ1) is 27.4. The minimum atomic E-state index is -4.60. The molecule has 0 radical (unpaired) electrons. The second-order valence-electron chi connectivity index (χ2n) is 9.01. The van der Waals surface area contributed by atoms with Crippen LogP contribution in [-0.2, 0) is 20.4 Å². The van der Waals surface area contributed by atoms with Crippen molar-refractivity contribution in [1.29, 1.82) is 0 Å². The van der Waals surface area contributed by atoms with Crippen LogP contribution in [0.2, 0.25) is 5.02 Å². The zero-order chi connectivity index (χ0) is 28.3. The molecule has 1 aromatic heterocycles. The second kappa shape index (κ2) is 11.5. The number of carbonyl (C=O) groups excluding carboxylic acids is 2. The Kier molecular flexibility index (Phi) is 7.90. The average molecular weight is 570 g/mol. The number of hydrogen-bond donors (Lipinski definition) is 1. The van der Waals surface area contributed by atoms with E-state index in [-0.39, 0.29) is 11.3 Å². The molecule has 1 fully saturated rings. The number of morpholine rings is 1.